The number of nitrogens with zero attached hydrogens (tertiary/aromatic N) is 2. The Morgan fingerprint density at radius 1 is 1.24 bits per heavy atom. The summed E-state index contributed by atoms with van der Waals surface area (Å²) in [5, 5.41) is 8.91. The average molecular weight is 350 g/mol. The smallest absolute Gasteiger partial charge is 0.335 e. The van der Waals surface area contributed by atoms with Crippen molar-refractivity contribution in [3.63, 3.8) is 0 Å². The molecule has 3 N–H and O–H groups in total. The molecule has 0 atom stereocenters. The van der Waals surface area contributed by atoms with E-state index in [1.54, 1.807) is 19.3 Å². The Morgan fingerprint density at radius 2 is 1.95 bits per heavy atom. The first-order chi connectivity index (χ1) is 9.90. The van der Waals surface area contributed by atoms with E-state index in [4.69, 9.17) is 10.8 Å². The van der Waals surface area contributed by atoms with Crippen LogP contribution in [0.4, 0.5) is 11.4 Å². The van der Waals surface area contributed by atoms with Crippen LogP contribution in [0.1, 0.15) is 20.7 Å². The van der Waals surface area contributed by atoms with Gasteiger partial charge in [-0.1, -0.05) is 0 Å². The fraction of sp³-hybridized carbons (Fsp3) is 0.0714. The minimum atomic E-state index is -1.07. The molecule has 2 aromatic rings. The van der Waals surface area contributed by atoms with Crippen LogP contribution in [0.25, 0.3) is 0 Å². The molecule has 0 saturated carbocycles. The van der Waals surface area contributed by atoms with Crippen LogP contribution in [0, 0.1) is 0 Å². The lowest BCUT2D eigenvalue weighted by atomic mass is 10.1. The van der Waals surface area contributed by atoms with Crippen LogP contribution in [0.15, 0.2) is 41.1 Å². The summed E-state index contributed by atoms with van der Waals surface area (Å²) in [5.74, 6) is -1.36. The molecule has 6 nitrogen and oxygen atoms in total. The van der Waals surface area contributed by atoms with Gasteiger partial charge in [0.25, 0.3) is 5.91 Å². The molecule has 0 bridgehead atoms. The van der Waals surface area contributed by atoms with Gasteiger partial charge in [0, 0.05) is 23.9 Å². The third kappa shape index (κ3) is 3.19. The first kappa shape index (κ1) is 15.0. The second-order valence-corrected chi connectivity index (χ2v) is 5.25. The number of hydrogen-bond donors (Lipinski definition) is 2. The third-order valence-corrected chi connectivity index (χ3v) is 3.33. The van der Waals surface area contributed by atoms with Crippen LogP contribution in [0.2, 0.25) is 0 Å². The quantitative estimate of drug-likeness (QED) is 0.829. The number of carboxylic acids is 1. The zero-order chi connectivity index (χ0) is 15.6. The molecule has 0 aliphatic rings. The van der Waals surface area contributed by atoms with E-state index < -0.39 is 5.97 Å². The monoisotopic (exact) mass is 349 g/mol. The zero-order valence-electron chi connectivity index (χ0n) is 11.1. The number of nitrogens with two attached hydrogens (primary N) is 1. The van der Waals surface area contributed by atoms with Crippen LogP contribution in [-0.4, -0.2) is 29.0 Å². The zero-order valence-corrected chi connectivity index (χ0v) is 12.7. The number of nitrogen functional groups attached to an aromatic ring is 1. The normalized spacial score (nSPS) is 10.2. The number of aromatic nitrogens is 1. The number of carbonyl (C=O) groups excluding carboxylic acids is 1. The molecule has 7 heteroatoms. The van der Waals surface area contributed by atoms with E-state index in [1.165, 1.54) is 29.3 Å². The Balaban J connectivity index is 2.33. The Bertz CT molecular complexity index is 718. The highest BCUT2D eigenvalue weighted by Gasteiger charge is 2.17. The van der Waals surface area contributed by atoms with Crippen LogP contribution in [-0.2, 0) is 0 Å². The van der Waals surface area contributed by atoms with Crippen LogP contribution >= 0.6 is 15.9 Å². The molecule has 1 heterocycles. The molecule has 0 saturated heterocycles. The number of hydrogen-bond acceptors (Lipinski definition) is 4. The number of rotatable bonds is 3. The van der Waals surface area contributed by atoms with Crippen molar-refractivity contribution in [3.8, 4) is 0 Å². The van der Waals surface area contributed by atoms with Gasteiger partial charge in [-0.25, -0.2) is 4.79 Å². The molecule has 0 aliphatic heterocycles. The van der Waals surface area contributed by atoms with Gasteiger partial charge in [0.1, 0.15) is 0 Å². The number of anilines is 2. The van der Waals surface area contributed by atoms with Crippen molar-refractivity contribution in [2.75, 3.05) is 17.7 Å². The van der Waals surface area contributed by atoms with Crippen LogP contribution < -0.4 is 10.6 Å². The fourth-order valence-electron chi connectivity index (χ4n) is 1.82. The molecule has 0 fully saturated rings. The minimum absolute atomic E-state index is 0.0706. The Hall–Kier alpha value is -2.41. The first-order valence-electron chi connectivity index (χ1n) is 5.91. The maximum absolute atomic E-state index is 12.4. The summed E-state index contributed by atoms with van der Waals surface area (Å²) >= 11 is 3.25. The van der Waals surface area contributed by atoms with Gasteiger partial charge in [0.15, 0.2) is 0 Å². The van der Waals surface area contributed by atoms with Crippen molar-refractivity contribution in [1.29, 1.82) is 0 Å². The van der Waals surface area contributed by atoms with Crippen molar-refractivity contribution >= 4 is 39.2 Å². The first-order valence-corrected chi connectivity index (χ1v) is 6.71. The average Bonchev–Trinajstić information content (AvgIpc) is 2.45. The summed E-state index contributed by atoms with van der Waals surface area (Å²) in [5.41, 5.74) is 6.94. The van der Waals surface area contributed by atoms with Crippen molar-refractivity contribution in [2.24, 2.45) is 0 Å². The second-order valence-electron chi connectivity index (χ2n) is 4.33. The summed E-state index contributed by atoms with van der Waals surface area (Å²) in [7, 11) is 1.56. The van der Waals surface area contributed by atoms with Crippen molar-refractivity contribution in [1.82, 2.24) is 4.98 Å². The number of carbonyl (C=O) groups is 2. The minimum Gasteiger partial charge on any atom is -0.478 e. The highest BCUT2D eigenvalue weighted by molar-refractivity contribution is 9.10. The van der Waals surface area contributed by atoms with Gasteiger partial charge in [-0.3, -0.25) is 9.78 Å². The lowest BCUT2D eigenvalue weighted by Gasteiger charge is -2.19. The number of carboxylic acid groups (broad SMARTS) is 1. The molecule has 1 amide bonds. The molecular weight excluding hydrogens is 338 g/mol. The number of halogens is 1. The predicted molar refractivity (Wildman–Crippen MR) is 82.5 cm³/mol. The fourth-order valence-corrected chi connectivity index (χ4v) is 2.19. The van der Waals surface area contributed by atoms with Gasteiger partial charge in [-0.15, -0.1) is 0 Å². The molecule has 1 aromatic heterocycles. The lowest BCUT2D eigenvalue weighted by molar-refractivity contribution is 0.0697. The number of aromatic carboxylic acids is 1. The van der Waals surface area contributed by atoms with Gasteiger partial charge < -0.3 is 15.7 Å². The molecule has 0 unspecified atom stereocenters. The highest BCUT2D eigenvalue weighted by atomic mass is 79.9. The second kappa shape index (κ2) is 5.92. The highest BCUT2D eigenvalue weighted by Crippen LogP contribution is 2.25. The summed E-state index contributed by atoms with van der Waals surface area (Å²) in [6.07, 6.45) is 3.03. The van der Waals surface area contributed by atoms with Gasteiger partial charge in [0.2, 0.25) is 0 Å². The topological polar surface area (TPSA) is 96.5 Å². The Kier molecular flexibility index (Phi) is 4.23. The standard InChI is InChI=1S/C14H12BrN3O3/c1-18(13(19)9-4-10(15)7-17-6-9)12-3-2-8(14(20)21)5-11(12)16/h2-7H,16H2,1H3,(H,20,21). The maximum Gasteiger partial charge on any atom is 0.335 e. The van der Waals surface area contributed by atoms with E-state index in [2.05, 4.69) is 20.9 Å². The van der Waals surface area contributed by atoms with Gasteiger partial charge >= 0.3 is 5.97 Å². The molecule has 2 rings (SSSR count). The van der Waals surface area contributed by atoms with E-state index in [9.17, 15) is 9.59 Å². The number of amides is 1. The van der Waals surface area contributed by atoms with Crippen LogP contribution in [0.3, 0.4) is 0 Å². The number of pyridine rings is 1. The van der Waals surface area contributed by atoms with E-state index in [0.717, 1.165) is 0 Å². The Labute approximate surface area is 129 Å². The van der Waals surface area contributed by atoms with E-state index in [-0.39, 0.29) is 17.2 Å². The van der Waals surface area contributed by atoms with Gasteiger partial charge in [0.05, 0.1) is 22.5 Å². The van der Waals surface area contributed by atoms with Crippen molar-refractivity contribution < 1.29 is 14.7 Å². The van der Waals surface area contributed by atoms with Gasteiger partial charge in [-0.2, -0.15) is 0 Å². The third-order valence-electron chi connectivity index (χ3n) is 2.89. The summed E-state index contributed by atoms with van der Waals surface area (Å²) in [4.78, 5) is 28.5. The van der Waals surface area contributed by atoms with Crippen molar-refractivity contribution in [2.45, 2.75) is 0 Å². The molecular formula is C14H12BrN3O3. The van der Waals surface area contributed by atoms with E-state index in [0.29, 0.717) is 15.7 Å². The van der Waals surface area contributed by atoms with Gasteiger partial charge in [-0.05, 0) is 40.2 Å². The summed E-state index contributed by atoms with van der Waals surface area (Å²) < 4.78 is 0.691. The predicted octanol–water partition coefficient (Wildman–Crippen LogP) is 2.40. The SMILES string of the molecule is CN(C(=O)c1cncc(Br)c1)c1ccc(C(=O)O)cc1N. The molecule has 1 aromatic carbocycles. The molecule has 0 radical (unpaired) electrons. The lowest BCUT2D eigenvalue weighted by Crippen LogP contribution is -2.27. The van der Waals surface area contributed by atoms with E-state index in [1.807, 2.05) is 0 Å². The summed E-state index contributed by atoms with van der Waals surface area (Å²) in [6.45, 7) is 0. The molecule has 0 aliphatic carbocycles. The number of benzene rings is 1. The molecule has 108 valence electrons. The molecule has 0 spiro atoms. The maximum atomic E-state index is 12.4. The van der Waals surface area contributed by atoms with Crippen LogP contribution in [0.5, 0.6) is 0 Å². The largest absolute Gasteiger partial charge is 0.478 e. The molecule has 21 heavy (non-hydrogen) atoms. The van der Waals surface area contributed by atoms with Crippen molar-refractivity contribution in [3.05, 3.63) is 52.3 Å². The summed E-state index contributed by atoms with van der Waals surface area (Å²) in [6, 6.07) is 5.87. The van der Waals surface area contributed by atoms with E-state index >= 15 is 0 Å². The Morgan fingerprint density at radius 3 is 2.52 bits per heavy atom.